The van der Waals surface area contributed by atoms with E-state index in [-0.39, 0.29) is 12.1 Å². The van der Waals surface area contributed by atoms with E-state index in [0.717, 1.165) is 0 Å². The molecule has 78 valence electrons. The SMILES string of the molecule is CN(C)C(C(O)CN)C1CCCC1. The third-order valence-electron chi connectivity index (χ3n) is 3.11. The number of nitrogens with two attached hydrogens (primary N) is 1. The van der Waals surface area contributed by atoms with Crippen LogP contribution in [0.3, 0.4) is 0 Å². The van der Waals surface area contributed by atoms with E-state index in [1.807, 2.05) is 14.1 Å². The van der Waals surface area contributed by atoms with E-state index in [0.29, 0.717) is 12.5 Å². The van der Waals surface area contributed by atoms with E-state index in [1.54, 1.807) is 0 Å². The molecule has 2 atom stereocenters. The molecular formula is C10H22N2O. The van der Waals surface area contributed by atoms with E-state index in [2.05, 4.69) is 4.90 Å². The zero-order valence-corrected chi connectivity index (χ0v) is 8.74. The molecule has 0 aliphatic heterocycles. The second-order valence-corrected chi connectivity index (χ2v) is 4.30. The number of rotatable bonds is 4. The smallest absolute Gasteiger partial charge is 0.0819 e. The molecule has 3 N–H and O–H groups in total. The van der Waals surface area contributed by atoms with Gasteiger partial charge in [0.1, 0.15) is 0 Å². The van der Waals surface area contributed by atoms with Gasteiger partial charge in [-0.25, -0.2) is 0 Å². The van der Waals surface area contributed by atoms with Gasteiger partial charge in [0.2, 0.25) is 0 Å². The molecule has 0 aromatic rings. The van der Waals surface area contributed by atoms with Crippen molar-refractivity contribution in [2.45, 2.75) is 37.8 Å². The number of hydrogen-bond acceptors (Lipinski definition) is 3. The highest BCUT2D eigenvalue weighted by molar-refractivity contribution is 4.86. The summed E-state index contributed by atoms with van der Waals surface area (Å²) in [5, 5.41) is 9.78. The topological polar surface area (TPSA) is 49.5 Å². The lowest BCUT2D eigenvalue weighted by Crippen LogP contribution is -2.47. The van der Waals surface area contributed by atoms with Gasteiger partial charge in [-0.05, 0) is 32.9 Å². The van der Waals surface area contributed by atoms with Crippen LogP contribution in [0.15, 0.2) is 0 Å². The molecule has 0 bridgehead atoms. The summed E-state index contributed by atoms with van der Waals surface area (Å²) in [4.78, 5) is 2.12. The summed E-state index contributed by atoms with van der Waals surface area (Å²) >= 11 is 0. The molecule has 1 aliphatic rings. The fourth-order valence-corrected chi connectivity index (χ4v) is 2.52. The Bertz CT molecular complexity index is 144. The lowest BCUT2D eigenvalue weighted by molar-refractivity contribution is 0.0484. The Morgan fingerprint density at radius 1 is 1.38 bits per heavy atom. The van der Waals surface area contributed by atoms with Gasteiger partial charge in [-0.1, -0.05) is 12.8 Å². The van der Waals surface area contributed by atoms with Crippen molar-refractivity contribution in [3.8, 4) is 0 Å². The number of hydrogen-bond donors (Lipinski definition) is 2. The van der Waals surface area contributed by atoms with Crippen molar-refractivity contribution in [2.75, 3.05) is 20.6 Å². The molecule has 0 heterocycles. The van der Waals surface area contributed by atoms with Gasteiger partial charge in [0.25, 0.3) is 0 Å². The molecule has 1 aliphatic carbocycles. The Morgan fingerprint density at radius 2 is 1.92 bits per heavy atom. The molecule has 3 heteroatoms. The zero-order valence-electron chi connectivity index (χ0n) is 8.74. The normalized spacial score (nSPS) is 23.8. The maximum Gasteiger partial charge on any atom is 0.0819 e. The summed E-state index contributed by atoms with van der Waals surface area (Å²) in [5.74, 6) is 0.647. The molecular weight excluding hydrogens is 164 g/mol. The highest BCUT2D eigenvalue weighted by atomic mass is 16.3. The molecule has 13 heavy (non-hydrogen) atoms. The molecule has 2 unspecified atom stereocenters. The highest BCUT2D eigenvalue weighted by Gasteiger charge is 2.31. The van der Waals surface area contributed by atoms with Gasteiger partial charge < -0.3 is 15.7 Å². The summed E-state index contributed by atoms with van der Waals surface area (Å²) < 4.78 is 0. The first kappa shape index (κ1) is 11.0. The summed E-state index contributed by atoms with van der Waals surface area (Å²) in [7, 11) is 4.06. The standard InChI is InChI=1S/C10H22N2O/c1-12(2)10(9(13)7-11)8-5-3-4-6-8/h8-10,13H,3-7,11H2,1-2H3. The van der Waals surface area contributed by atoms with Crippen molar-refractivity contribution in [1.29, 1.82) is 0 Å². The van der Waals surface area contributed by atoms with Crippen LogP contribution in [0.5, 0.6) is 0 Å². The summed E-state index contributed by atoms with van der Waals surface area (Å²) in [6.45, 7) is 0.374. The first-order valence-corrected chi connectivity index (χ1v) is 5.21. The minimum atomic E-state index is -0.363. The van der Waals surface area contributed by atoms with Crippen molar-refractivity contribution in [3.63, 3.8) is 0 Å². The van der Waals surface area contributed by atoms with Crippen LogP contribution in [0.4, 0.5) is 0 Å². The van der Waals surface area contributed by atoms with Gasteiger partial charge in [0.05, 0.1) is 6.10 Å². The number of aliphatic hydroxyl groups excluding tert-OH is 1. The van der Waals surface area contributed by atoms with Crippen molar-refractivity contribution >= 4 is 0 Å². The molecule has 0 aromatic heterocycles. The van der Waals surface area contributed by atoms with Crippen LogP contribution in [0.25, 0.3) is 0 Å². The Hall–Kier alpha value is -0.120. The molecule has 1 fully saturated rings. The van der Waals surface area contributed by atoms with E-state index >= 15 is 0 Å². The van der Waals surface area contributed by atoms with Crippen LogP contribution < -0.4 is 5.73 Å². The molecule has 0 amide bonds. The van der Waals surface area contributed by atoms with Crippen LogP contribution >= 0.6 is 0 Å². The van der Waals surface area contributed by atoms with Crippen LogP contribution in [0, 0.1) is 5.92 Å². The zero-order chi connectivity index (χ0) is 9.84. The Kier molecular flexibility index (Phi) is 4.16. The minimum absolute atomic E-state index is 0.257. The van der Waals surface area contributed by atoms with Gasteiger partial charge in [-0.3, -0.25) is 0 Å². The molecule has 1 rings (SSSR count). The van der Waals surface area contributed by atoms with Crippen LogP contribution in [-0.2, 0) is 0 Å². The lowest BCUT2D eigenvalue weighted by Gasteiger charge is -2.33. The monoisotopic (exact) mass is 186 g/mol. The predicted molar refractivity (Wildman–Crippen MR) is 54.5 cm³/mol. The Morgan fingerprint density at radius 3 is 2.31 bits per heavy atom. The van der Waals surface area contributed by atoms with E-state index in [1.165, 1.54) is 25.7 Å². The first-order chi connectivity index (χ1) is 6.16. The quantitative estimate of drug-likeness (QED) is 0.669. The van der Waals surface area contributed by atoms with E-state index in [9.17, 15) is 5.11 Å². The van der Waals surface area contributed by atoms with Crippen LogP contribution in [-0.4, -0.2) is 42.8 Å². The fourth-order valence-electron chi connectivity index (χ4n) is 2.52. The average molecular weight is 186 g/mol. The number of likely N-dealkylation sites (N-methyl/N-ethyl adjacent to an activating group) is 1. The van der Waals surface area contributed by atoms with Crippen molar-refractivity contribution in [3.05, 3.63) is 0 Å². The maximum atomic E-state index is 9.78. The fraction of sp³-hybridized carbons (Fsp3) is 1.00. The van der Waals surface area contributed by atoms with Gasteiger partial charge in [-0.15, -0.1) is 0 Å². The highest BCUT2D eigenvalue weighted by Crippen LogP contribution is 2.30. The van der Waals surface area contributed by atoms with E-state index in [4.69, 9.17) is 5.73 Å². The average Bonchev–Trinajstić information content (AvgIpc) is 2.56. The summed E-state index contributed by atoms with van der Waals surface area (Å²) in [6.07, 6.45) is 4.76. The van der Waals surface area contributed by atoms with Crippen molar-refractivity contribution in [2.24, 2.45) is 11.7 Å². The lowest BCUT2D eigenvalue weighted by atomic mass is 9.92. The molecule has 3 nitrogen and oxygen atoms in total. The third-order valence-corrected chi connectivity index (χ3v) is 3.11. The second kappa shape index (κ2) is 4.94. The Labute approximate surface area is 80.9 Å². The number of aliphatic hydroxyl groups is 1. The van der Waals surface area contributed by atoms with Gasteiger partial charge in [0.15, 0.2) is 0 Å². The minimum Gasteiger partial charge on any atom is -0.390 e. The Balaban J connectivity index is 2.55. The van der Waals surface area contributed by atoms with Crippen LogP contribution in [0.2, 0.25) is 0 Å². The third kappa shape index (κ3) is 2.66. The maximum absolute atomic E-state index is 9.78. The largest absolute Gasteiger partial charge is 0.390 e. The molecule has 0 aromatic carbocycles. The predicted octanol–water partition coefficient (Wildman–Crippen LogP) is 0.426. The summed E-state index contributed by atoms with van der Waals surface area (Å²) in [5.41, 5.74) is 5.50. The number of nitrogens with zero attached hydrogens (tertiary/aromatic N) is 1. The van der Waals surface area contributed by atoms with Crippen molar-refractivity contribution < 1.29 is 5.11 Å². The second-order valence-electron chi connectivity index (χ2n) is 4.30. The van der Waals surface area contributed by atoms with Gasteiger partial charge in [-0.2, -0.15) is 0 Å². The molecule has 0 saturated heterocycles. The molecule has 1 saturated carbocycles. The molecule has 0 spiro atoms. The van der Waals surface area contributed by atoms with Gasteiger partial charge in [0, 0.05) is 12.6 Å². The van der Waals surface area contributed by atoms with Gasteiger partial charge >= 0.3 is 0 Å². The summed E-state index contributed by atoms with van der Waals surface area (Å²) in [6, 6.07) is 0.257. The van der Waals surface area contributed by atoms with E-state index < -0.39 is 0 Å². The first-order valence-electron chi connectivity index (χ1n) is 5.21. The van der Waals surface area contributed by atoms with Crippen LogP contribution in [0.1, 0.15) is 25.7 Å². The molecule has 0 radical (unpaired) electrons. The van der Waals surface area contributed by atoms with Crippen molar-refractivity contribution in [1.82, 2.24) is 4.90 Å².